The van der Waals surface area contributed by atoms with Crippen LogP contribution in [-0.4, -0.2) is 36.4 Å². The van der Waals surface area contributed by atoms with E-state index in [-0.39, 0.29) is 23.6 Å². The van der Waals surface area contributed by atoms with Crippen LogP contribution in [0, 0.1) is 10.1 Å². The van der Waals surface area contributed by atoms with E-state index in [0.29, 0.717) is 6.42 Å². The van der Waals surface area contributed by atoms with Crippen LogP contribution < -0.4 is 0 Å². The van der Waals surface area contributed by atoms with Gasteiger partial charge in [-0.25, -0.2) is 12.7 Å². The normalized spacial score (nSPS) is 19.0. The summed E-state index contributed by atoms with van der Waals surface area (Å²) in [6, 6.07) is 4.40. The van der Waals surface area contributed by atoms with Gasteiger partial charge in [-0.1, -0.05) is 0 Å². The predicted octanol–water partition coefficient (Wildman–Crippen LogP) is 1.27. The quantitative estimate of drug-likeness (QED) is 0.598. The van der Waals surface area contributed by atoms with E-state index in [1.54, 1.807) is 6.92 Å². The standard InChI is InChI=1S/C12H14N2O6S/c1-2-20-12-8-7-11(15)13(12)21(18,19)10-5-3-9(4-6-10)14(16)17/h3-6,12H,2,7-8H2,1H3. The third kappa shape index (κ3) is 2.88. The van der Waals surface area contributed by atoms with E-state index in [0.717, 1.165) is 28.6 Å². The molecule has 0 spiro atoms. The van der Waals surface area contributed by atoms with Crippen LogP contribution in [0.2, 0.25) is 0 Å². The number of ether oxygens (including phenoxy) is 1. The van der Waals surface area contributed by atoms with Crippen molar-refractivity contribution in [3.63, 3.8) is 0 Å². The minimum atomic E-state index is -4.07. The van der Waals surface area contributed by atoms with Crippen LogP contribution in [0.4, 0.5) is 5.69 Å². The number of non-ortho nitro benzene ring substituents is 1. The van der Waals surface area contributed by atoms with Gasteiger partial charge in [0.05, 0.1) is 9.82 Å². The molecule has 9 heteroatoms. The van der Waals surface area contributed by atoms with Crippen molar-refractivity contribution in [3.05, 3.63) is 34.4 Å². The summed E-state index contributed by atoms with van der Waals surface area (Å²) >= 11 is 0. The topological polar surface area (TPSA) is 107 Å². The van der Waals surface area contributed by atoms with Crippen molar-refractivity contribution in [1.82, 2.24) is 4.31 Å². The van der Waals surface area contributed by atoms with Crippen molar-refractivity contribution in [3.8, 4) is 0 Å². The number of hydrogen-bond donors (Lipinski definition) is 0. The molecule has 0 aliphatic carbocycles. The van der Waals surface area contributed by atoms with Gasteiger partial charge in [0.1, 0.15) is 6.23 Å². The fourth-order valence-electron chi connectivity index (χ4n) is 2.12. The highest BCUT2D eigenvalue weighted by molar-refractivity contribution is 7.89. The zero-order chi connectivity index (χ0) is 15.6. The lowest BCUT2D eigenvalue weighted by Crippen LogP contribution is -2.40. The Labute approximate surface area is 121 Å². The molecule has 1 aliphatic rings. The van der Waals surface area contributed by atoms with E-state index in [2.05, 4.69) is 0 Å². The summed E-state index contributed by atoms with van der Waals surface area (Å²) < 4.78 is 30.9. The second kappa shape index (κ2) is 5.78. The van der Waals surface area contributed by atoms with Gasteiger partial charge in [-0.3, -0.25) is 14.9 Å². The molecular weight excluding hydrogens is 300 g/mol. The monoisotopic (exact) mass is 314 g/mol. The van der Waals surface area contributed by atoms with Crippen molar-refractivity contribution in [2.75, 3.05) is 6.61 Å². The molecule has 0 aromatic heterocycles. The van der Waals surface area contributed by atoms with Crippen molar-refractivity contribution < 1.29 is 22.9 Å². The van der Waals surface area contributed by atoms with Gasteiger partial charge < -0.3 is 4.74 Å². The summed E-state index contributed by atoms with van der Waals surface area (Å²) in [7, 11) is -4.07. The van der Waals surface area contributed by atoms with Crippen molar-refractivity contribution >= 4 is 21.6 Å². The predicted molar refractivity (Wildman–Crippen MR) is 71.8 cm³/mol. The molecule has 0 bridgehead atoms. The zero-order valence-corrected chi connectivity index (χ0v) is 12.1. The second-order valence-corrected chi connectivity index (χ2v) is 6.21. The largest absolute Gasteiger partial charge is 0.357 e. The minimum Gasteiger partial charge on any atom is -0.357 e. The fraction of sp³-hybridized carbons (Fsp3) is 0.417. The molecule has 1 saturated heterocycles. The number of carbonyl (C=O) groups is 1. The number of sulfonamides is 1. The lowest BCUT2D eigenvalue weighted by molar-refractivity contribution is -0.384. The molecule has 114 valence electrons. The van der Waals surface area contributed by atoms with Gasteiger partial charge in [-0.15, -0.1) is 0 Å². The van der Waals surface area contributed by atoms with Gasteiger partial charge >= 0.3 is 0 Å². The van der Waals surface area contributed by atoms with Crippen LogP contribution in [0.25, 0.3) is 0 Å². The van der Waals surface area contributed by atoms with Crippen LogP contribution in [-0.2, 0) is 19.6 Å². The number of nitrogens with zero attached hydrogens (tertiary/aromatic N) is 2. The number of amides is 1. The summed E-state index contributed by atoms with van der Waals surface area (Å²) in [6.45, 7) is 1.99. The molecule has 1 aromatic rings. The van der Waals surface area contributed by atoms with Gasteiger partial charge in [0.15, 0.2) is 0 Å². The zero-order valence-electron chi connectivity index (χ0n) is 11.3. The highest BCUT2D eigenvalue weighted by atomic mass is 32.2. The molecule has 21 heavy (non-hydrogen) atoms. The van der Waals surface area contributed by atoms with Crippen molar-refractivity contribution in [2.24, 2.45) is 0 Å². The summed E-state index contributed by atoms with van der Waals surface area (Å²) in [5.41, 5.74) is -0.219. The first kappa shape index (κ1) is 15.4. The van der Waals surface area contributed by atoms with Gasteiger partial charge in [0.2, 0.25) is 5.91 Å². The Balaban J connectivity index is 2.36. The number of nitro benzene ring substituents is 1. The SMILES string of the molecule is CCOC1CCC(=O)N1S(=O)(=O)c1ccc([N+](=O)[O-])cc1. The third-order valence-corrected chi connectivity index (χ3v) is 4.90. The Morgan fingerprint density at radius 2 is 2.00 bits per heavy atom. The van der Waals surface area contributed by atoms with E-state index >= 15 is 0 Å². The van der Waals surface area contributed by atoms with Gasteiger partial charge in [0.25, 0.3) is 15.7 Å². The number of carbonyl (C=O) groups excluding carboxylic acids is 1. The van der Waals surface area contributed by atoms with Crippen molar-refractivity contribution in [1.29, 1.82) is 0 Å². The molecule has 8 nitrogen and oxygen atoms in total. The lowest BCUT2D eigenvalue weighted by Gasteiger charge is -2.23. The molecule has 2 rings (SSSR count). The Morgan fingerprint density at radius 3 is 2.52 bits per heavy atom. The average Bonchev–Trinajstić information content (AvgIpc) is 2.81. The van der Waals surface area contributed by atoms with Crippen LogP contribution in [0.15, 0.2) is 29.2 Å². The molecule has 0 N–H and O–H groups in total. The van der Waals surface area contributed by atoms with E-state index in [1.807, 2.05) is 0 Å². The van der Waals surface area contributed by atoms with E-state index < -0.39 is 27.1 Å². The molecule has 1 aromatic carbocycles. The first-order chi connectivity index (χ1) is 9.87. The lowest BCUT2D eigenvalue weighted by atomic mass is 10.3. The molecule has 1 aliphatic heterocycles. The maximum atomic E-state index is 12.5. The molecule has 1 unspecified atom stereocenters. The van der Waals surface area contributed by atoms with Crippen molar-refractivity contribution in [2.45, 2.75) is 30.9 Å². The number of rotatable bonds is 5. The fourth-order valence-corrected chi connectivity index (χ4v) is 3.66. The van der Waals surface area contributed by atoms with E-state index in [4.69, 9.17) is 4.74 Å². The molecular formula is C12H14N2O6S. The van der Waals surface area contributed by atoms with E-state index in [1.165, 1.54) is 0 Å². The average molecular weight is 314 g/mol. The smallest absolute Gasteiger partial charge is 0.269 e. The number of hydrogen-bond acceptors (Lipinski definition) is 6. The number of nitro groups is 1. The second-order valence-electron chi connectivity index (χ2n) is 4.39. The van der Waals surface area contributed by atoms with Crippen LogP contribution in [0.3, 0.4) is 0 Å². The Bertz CT molecular complexity index is 655. The molecule has 1 amide bonds. The Kier molecular flexibility index (Phi) is 4.24. The molecule has 1 atom stereocenters. The van der Waals surface area contributed by atoms with Crippen LogP contribution >= 0.6 is 0 Å². The molecule has 1 fully saturated rings. The maximum absolute atomic E-state index is 12.5. The molecule has 0 saturated carbocycles. The van der Waals surface area contributed by atoms with Gasteiger partial charge in [-0.05, 0) is 19.1 Å². The minimum absolute atomic E-state index is 0.0941. The van der Waals surface area contributed by atoms with Gasteiger partial charge in [-0.2, -0.15) is 0 Å². The molecule has 0 radical (unpaired) electrons. The Morgan fingerprint density at radius 1 is 1.38 bits per heavy atom. The molecule has 1 heterocycles. The summed E-state index contributed by atoms with van der Waals surface area (Å²) in [5, 5.41) is 10.6. The highest BCUT2D eigenvalue weighted by Crippen LogP contribution is 2.28. The first-order valence-corrected chi connectivity index (χ1v) is 7.75. The third-order valence-electron chi connectivity index (χ3n) is 3.08. The highest BCUT2D eigenvalue weighted by Gasteiger charge is 2.41. The van der Waals surface area contributed by atoms with Gasteiger partial charge in [0, 0.05) is 31.6 Å². The first-order valence-electron chi connectivity index (χ1n) is 6.31. The Hall–Kier alpha value is -2.00. The van der Waals surface area contributed by atoms with Crippen LogP contribution in [0.5, 0.6) is 0 Å². The maximum Gasteiger partial charge on any atom is 0.269 e. The van der Waals surface area contributed by atoms with E-state index in [9.17, 15) is 23.3 Å². The van der Waals surface area contributed by atoms with Crippen LogP contribution in [0.1, 0.15) is 19.8 Å². The summed E-state index contributed by atoms with van der Waals surface area (Å²) in [4.78, 5) is 21.6. The number of benzene rings is 1. The summed E-state index contributed by atoms with van der Waals surface area (Å²) in [6.07, 6.45) is -0.418. The summed E-state index contributed by atoms with van der Waals surface area (Å²) in [5.74, 6) is -0.535.